The van der Waals surface area contributed by atoms with Crippen LogP contribution in [0.5, 0.6) is 5.75 Å². The summed E-state index contributed by atoms with van der Waals surface area (Å²) in [6.45, 7) is 4.74. The average molecular weight is 523 g/mol. The van der Waals surface area contributed by atoms with Crippen LogP contribution in [-0.2, 0) is 20.8 Å². The molecule has 0 unspecified atom stereocenters. The first kappa shape index (κ1) is 28.7. The number of hydrogen-bond acceptors (Lipinski definition) is 5. The Bertz CT molecular complexity index is 1090. The maximum absolute atomic E-state index is 13.1. The lowest BCUT2D eigenvalue weighted by molar-refractivity contribution is -0.130. The fourth-order valence-corrected chi connectivity index (χ4v) is 4.26. The third kappa shape index (κ3) is 9.21. The Balaban J connectivity index is 1.72. The molecule has 3 rings (SSSR count). The molecule has 38 heavy (non-hydrogen) atoms. The number of amides is 4. The number of fused-ring (bicyclic) bond motifs is 1. The van der Waals surface area contributed by atoms with E-state index in [0.717, 1.165) is 12.8 Å². The van der Waals surface area contributed by atoms with E-state index in [1.54, 1.807) is 24.3 Å². The molecular weight excluding hydrogens is 484 g/mol. The molecule has 204 valence electrons. The van der Waals surface area contributed by atoms with Crippen molar-refractivity contribution in [3.63, 3.8) is 0 Å². The highest BCUT2D eigenvalue weighted by Gasteiger charge is 2.26. The van der Waals surface area contributed by atoms with Gasteiger partial charge in [-0.15, -0.1) is 0 Å². The minimum atomic E-state index is -0.930. The summed E-state index contributed by atoms with van der Waals surface area (Å²) in [4.78, 5) is 51.7. The fraction of sp³-hybridized carbons (Fsp3) is 0.448. The van der Waals surface area contributed by atoms with Crippen molar-refractivity contribution in [2.75, 3.05) is 19.7 Å². The third-order valence-corrected chi connectivity index (χ3v) is 6.22. The summed E-state index contributed by atoms with van der Waals surface area (Å²) in [6, 6.07) is 15.1. The van der Waals surface area contributed by atoms with Gasteiger partial charge in [-0.05, 0) is 49.3 Å². The lowest BCUT2D eigenvalue weighted by Gasteiger charge is -2.21. The number of nitrogens with one attached hydrogen (secondary N) is 4. The van der Waals surface area contributed by atoms with Gasteiger partial charge in [-0.1, -0.05) is 56.3 Å². The van der Waals surface area contributed by atoms with E-state index in [-0.39, 0.29) is 55.2 Å². The van der Waals surface area contributed by atoms with Crippen molar-refractivity contribution >= 4 is 23.6 Å². The molecule has 1 heterocycles. The molecule has 4 amide bonds. The minimum Gasteiger partial charge on any atom is -0.491 e. The molecule has 0 aliphatic carbocycles. The van der Waals surface area contributed by atoms with Gasteiger partial charge in [0.25, 0.3) is 5.91 Å². The van der Waals surface area contributed by atoms with Crippen molar-refractivity contribution in [1.29, 1.82) is 0 Å². The Morgan fingerprint density at radius 1 is 1.03 bits per heavy atom. The largest absolute Gasteiger partial charge is 0.491 e. The van der Waals surface area contributed by atoms with Crippen molar-refractivity contribution in [3.8, 4) is 5.75 Å². The maximum atomic E-state index is 13.1. The molecule has 0 saturated carbocycles. The highest BCUT2D eigenvalue weighted by atomic mass is 16.5. The molecule has 9 nitrogen and oxygen atoms in total. The summed E-state index contributed by atoms with van der Waals surface area (Å²) in [5.74, 6) is -0.941. The van der Waals surface area contributed by atoms with Gasteiger partial charge in [0, 0.05) is 13.0 Å². The predicted octanol–water partition coefficient (Wildman–Crippen LogP) is 2.35. The fourth-order valence-electron chi connectivity index (χ4n) is 4.26. The van der Waals surface area contributed by atoms with Crippen molar-refractivity contribution in [2.45, 2.75) is 58.0 Å². The molecule has 0 radical (unpaired) electrons. The van der Waals surface area contributed by atoms with Gasteiger partial charge in [0.15, 0.2) is 0 Å². The van der Waals surface area contributed by atoms with Crippen molar-refractivity contribution < 1.29 is 23.9 Å². The molecule has 1 aliphatic rings. The summed E-state index contributed by atoms with van der Waals surface area (Å²) in [5.41, 5.74) is 1.45. The zero-order valence-corrected chi connectivity index (χ0v) is 22.1. The molecule has 4 N–H and O–H groups in total. The van der Waals surface area contributed by atoms with Crippen LogP contribution < -0.4 is 26.0 Å². The summed E-state index contributed by atoms with van der Waals surface area (Å²) in [6.07, 6.45) is 2.08. The summed E-state index contributed by atoms with van der Waals surface area (Å²) >= 11 is 0. The Labute approximate surface area is 224 Å². The lowest BCUT2D eigenvalue weighted by Crippen LogP contribution is -2.49. The van der Waals surface area contributed by atoms with E-state index in [1.165, 1.54) is 5.56 Å². The van der Waals surface area contributed by atoms with Crippen LogP contribution in [0.2, 0.25) is 0 Å². The van der Waals surface area contributed by atoms with E-state index in [4.69, 9.17) is 4.74 Å². The van der Waals surface area contributed by atoms with E-state index in [9.17, 15) is 19.2 Å². The van der Waals surface area contributed by atoms with E-state index >= 15 is 0 Å². The van der Waals surface area contributed by atoms with Gasteiger partial charge in [0.2, 0.25) is 17.7 Å². The zero-order chi connectivity index (χ0) is 27.3. The first-order chi connectivity index (χ1) is 18.3. The highest BCUT2D eigenvalue weighted by molar-refractivity contribution is 5.99. The van der Waals surface area contributed by atoms with Crippen LogP contribution in [0.15, 0.2) is 54.6 Å². The maximum Gasteiger partial charge on any atom is 0.255 e. The smallest absolute Gasteiger partial charge is 0.255 e. The Hall–Kier alpha value is -3.88. The second-order valence-corrected chi connectivity index (χ2v) is 9.83. The van der Waals surface area contributed by atoms with Crippen molar-refractivity contribution in [1.82, 2.24) is 21.3 Å². The molecule has 9 heteroatoms. The lowest BCUT2D eigenvalue weighted by atomic mass is 10.0. The Kier molecular flexibility index (Phi) is 11.1. The molecule has 0 bridgehead atoms. The van der Waals surface area contributed by atoms with Crippen molar-refractivity contribution in [3.05, 3.63) is 65.7 Å². The van der Waals surface area contributed by atoms with Crippen LogP contribution in [0.4, 0.5) is 0 Å². The van der Waals surface area contributed by atoms with Crippen LogP contribution in [0.1, 0.15) is 55.5 Å². The number of benzene rings is 2. The van der Waals surface area contributed by atoms with Gasteiger partial charge in [-0.25, -0.2) is 0 Å². The normalized spacial score (nSPS) is 19.1. The number of hydrogen-bond donors (Lipinski definition) is 4. The van der Waals surface area contributed by atoms with Crippen LogP contribution >= 0.6 is 0 Å². The van der Waals surface area contributed by atoms with E-state index < -0.39 is 18.0 Å². The standard InChI is InChI=1S/C29H38N4O5/c1-20(2)19-24-29(37)31-17-18-38-25-13-7-6-12-22(25)27(35)33-23(14-15-26(34)32-24)28(36)30-16-8-11-21-9-4-3-5-10-21/h3-7,9-10,12-13,20,23-24H,8,11,14-19H2,1-2H3,(H,30,36)(H,31,37)(H,32,34)(H,33,35)/t23-,24+/m0/s1. The number of rotatable bonds is 7. The van der Waals surface area contributed by atoms with Crippen LogP contribution in [-0.4, -0.2) is 55.4 Å². The molecule has 0 fully saturated rings. The van der Waals surface area contributed by atoms with Gasteiger partial charge in [0.1, 0.15) is 24.4 Å². The van der Waals surface area contributed by atoms with Gasteiger partial charge in [0.05, 0.1) is 12.1 Å². The number of para-hydroxylation sites is 1. The second kappa shape index (κ2) is 14.8. The molecule has 2 aromatic rings. The molecule has 2 atom stereocenters. The van der Waals surface area contributed by atoms with Gasteiger partial charge < -0.3 is 26.0 Å². The first-order valence-corrected chi connectivity index (χ1v) is 13.2. The SMILES string of the molecule is CC(C)C[C@H]1NC(=O)CC[C@@H](C(=O)NCCCc2ccccc2)NC(=O)c2ccccc2OCCNC1=O. The third-order valence-electron chi connectivity index (χ3n) is 6.22. The number of carbonyl (C=O) groups is 4. The zero-order valence-electron chi connectivity index (χ0n) is 22.1. The monoisotopic (exact) mass is 522 g/mol. The Morgan fingerprint density at radius 2 is 1.76 bits per heavy atom. The highest BCUT2D eigenvalue weighted by Crippen LogP contribution is 2.18. The van der Waals surface area contributed by atoms with E-state index in [0.29, 0.717) is 18.7 Å². The van der Waals surface area contributed by atoms with Crippen LogP contribution in [0.25, 0.3) is 0 Å². The predicted molar refractivity (Wildman–Crippen MR) is 145 cm³/mol. The van der Waals surface area contributed by atoms with E-state index in [1.807, 2.05) is 44.2 Å². The number of carbonyl (C=O) groups excluding carboxylic acids is 4. The molecule has 0 saturated heterocycles. The average Bonchev–Trinajstić information content (AvgIpc) is 2.91. The Morgan fingerprint density at radius 3 is 2.53 bits per heavy atom. The molecular formula is C29H38N4O5. The molecule has 0 spiro atoms. The quantitative estimate of drug-likeness (QED) is 0.416. The summed E-state index contributed by atoms with van der Waals surface area (Å²) < 4.78 is 5.77. The van der Waals surface area contributed by atoms with E-state index in [2.05, 4.69) is 21.3 Å². The molecule has 1 aliphatic heterocycles. The molecule has 0 aromatic heterocycles. The number of ether oxygens (including phenoxy) is 1. The van der Waals surface area contributed by atoms with Gasteiger partial charge in [-0.2, -0.15) is 0 Å². The minimum absolute atomic E-state index is 0.0254. The first-order valence-electron chi connectivity index (χ1n) is 13.2. The van der Waals surface area contributed by atoms with Crippen LogP contribution in [0, 0.1) is 5.92 Å². The second-order valence-electron chi connectivity index (χ2n) is 9.83. The van der Waals surface area contributed by atoms with Crippen LogP contribution in [0.3, 0.4) is 0 Å². The topological polar surface area (TPSA) is 126 Å². The molecule has 2 aromatic carbocycles. The van der Waals surface area contributed by atoms with Gasteiger partial charge in [-0.3, -0.25) is 19.2 Å². The summed E-state index contributed by atoms with van der Waals surface area (Å²) in [7, 11) is 0. The summed E-state index contributed by atoms with van der Waals surface area (Å²) in [5, 5.41) is 11.3. The number of aryl methyl sites for hydroxylation is 1. The van der Waals surface area contributed by atoms with Crippen molar-refractivity contribution in [2.24, 2.45) is 5.92 Å². The van der Waals surface area contributed by atoms with Gasteiger partial charge >= 0.3 is 0 Å².